The minimum absolute atomic E-state index is 0.842. The molecule has 130 valence electrons. The van der Waals surface area contributed by atoms with Gasteiger partial charge >= 0.3 is 0 Å². The molecule has 0 bridgehead atoms. The number of para-hydroxylation sites is 2. The second kappa shape index (κ2) is 5.27. The van der Waals surface area contributed by atoms with Crippen molar-refractivity contribution in [3.05, 3.63) is 78.9 Å². The predicted octanol–water partition coefficient (Wildman–Crippen LogP) is 6.28. The number of hydrogen-bond donors (Lipinski definition) is 0. The number of fused-ring (bicyclic) bond motifs is 5. The van der Waals surface area contributed by atoms with Gasteiger partial charge in [-0.15, -0.1) is 0 Å². The second-order valence-electron chi connectivity index (χ2n) is 7.23. The van der Waals surface area contributed by atoms with Crippen LogP contribution >= 0.6 is 0 Å². The first-order valence-electron chi connectivity index (χ1n) is 9.21. The number of furan rings is 1. The van der Waals surface area contributed by atoms with Crippen LogP contribution in [0.4, 0.5) is 17.1 Å². The third-order valence-corrected chi connectivity index (χ3v) is 5.57. The molecule has 0 aliphatic carbocycles. The Labute approximate surface area is 157 Å². The van der Waals surface area contributed by atoms with E-state index >= 15 is 0 Å². The maximum Gasteiger partial charge on any atom is 0.137 e. The summed E-state index contributed by atoms with van der Waals surface area (Å²) in [5.41, 5.74) is 5.53. The topological polar surface area (TPSA) is 19.6 Å². The van der Waals surface area contributed by atoms with Crippen molar-refractivity contribution < 1.29 is 4.42 Å². The van der Waals surface area contributed by atoms with E-state index in [1.54, 1.807) is 0 Å². The summed E-state index contributed by atoms with van der Waals surface area (Å²) in [6, 6.07) is 27.9. The lowest BCUT2D eigenvalue weighted by Crippen LogP contribution is -2.23. The van der Waals surface area contributed by atoms with Crippen LogP contribution in [0.1, 0.15) is 0 Å². The molecule has 27 heavy (non-hydrogen) atoms. The van der Waals surface area contributed by atoms with Crippen LogP contribution in [-0.2, 0) is 0 Å². The van der Waals surface area contributed by atoms with Crippen LogP contribution in [0.25, 0.3) is 32.7 Å². The molecule has 2 heterocycles. The summed E-state index contributed by atoms with van der Waals surface area (Å²) >= 11 is 0. The first kappa shape index (κ1) is 14.7. The van der Waals surface area contributed by atoms with E-state index in [2.05, 4.69) is 95.7 Å². The minimum Gasteiger partial charge on any atom is -0.456 e. The monoisotopic (exact) mass is 350 g/mol. The molecule has 0 fully saturated rings. The van der Waals surface area contributed by atoms with Crippen molar-refractivity contribution in [1.29, 1.82) is 0 Å². The molecule has 1 aliphatic rings. The Morgan fingerprint density at radius 3 is 2.26 bits per heavy atom. The molecular formula is C24H18N2O. The Balaban J connectivity index is 1.54. The van der Waals surface area contributed by atoms with Crippen LogP contribution in [0.15, 0.2) is 83.3 Å². The number of benzene rings is 4. The van der Waals surface area contributed by atoms with Crippen molar-refractivity contribution in [3.8, 4) is 0 Å². The van der Waals surface area contributed by atoms with Crippen LogP contribution in [0.5, 0.6) is 0 Å². The van der Waals surface area contributed by atoms with E-state index < -0.39 is 0 Å². The van der Waals surface area contributed by atoms with Gasteiger partial charge in [-0.25, -0.2) is 0 Å². The molecule has 3 nitrogen and oxygen atoms in total. The summed E-state index contributed by atoms with van der Waals surface area (Å²) in [5, 5.41) is 4.79. The lowest BCUT2D eigenvalue weighted by molar-refractivity contribution is 0.669. The van der Waals surface area contributed by atoms with Crippen molar-refractivity contribution in [2.24, 2.45) is 0 Å². The molecule has 5 aromatic rings. The van der Waals surface area contributed by atoms with Gasteiger partial charge in [-0.05, 0) is 47.2 Å². The summed E-state index contributed by atoms with van der Waals surface area (Å²) < 4.78 is 6.24. The average Bonchev–Trinajstić information content (AvgIpc) is 3.23. The third-order valence-electron chi connectivity index (χ3n) is 5.57. The number of rotatable bonds is 1. The average molecular weight is 350 g/mol. The number of nitrogens with zero attached hydrogens (tertiary/aromatic N) is 2. The molecule has 1 aliphatic heterocycles. The van der Waals surface area contributed by atoms with Gasteiger partial charge in [0, 0.05) is 29.6 Å². The summed E-state index contributed by atoms with van der Waals surface area (Å²) in [7, 11) is 2.13. The van der Waals surface area contributed by atoms with Crippen LogP contribution in [0.3, 0.4) is 0 Å². The van der Waals surface area contributed by atoms with Gasteiger partial charge in [0.2, 0.25) is 0 Å². The summed E-state index contributed by atoms with van der Waals surface area (Å²) in [6.45, 7) is 0.842. The minimum atomic E-state index is 0.842. The van der Waals surface area contributed by atoms with Gasteiger partial charge in [0.05, 0.1) is 18.0 Å². The molecular weight excluding hydrogens is 332 g/mol. The zero-order chi connectivity index (χ0) is 18.0. The number of anilines is 3. The van der Waals surface area contributed by atoms with E-state index in [-0.39, 0.29) is 0 Å². The van der Waals surface area contributed by atoms with Crippen molar-refractivity contribution in [1.82, 2.24) is 0 Å². The zero-order valence-electron chi connectivity index (χ0n) is 15.0. The number of hydrogen-bond acceptors (Lipinski definition) is 3. The molecule has 0 N–H and O–H groups in total. The maximum absolute atomic E-state index is 6.24. The van der Waals surface area contributed by atoms with Gasteiger partial charge in [0.15, 0.2) is 0 Å². The summed E-state index contributed by atoms with van der Waals surface area (Å²) in [4.78, 5) is 4.60. The largest absolute Gasteiger partial charge is 0.456 e. The Morgan fingerprint density at radius 1 is 0.704 bits per heavy atom. The fourth-order valence-corrected chi connectivity index (χ4v) is 4.22. The Morgan fingerprint density at radius 2 is 1.41 bits per heavy atom. The molecule has 0 saturated carbocycles. The van der Waals surface area contributed by atoms with E-state index in [0.717, 1.165) is 23.5 Å². The van der Waals surface area contributed by atoms with Crippen molar-refractivity contribution in [2.75, 3.05) is 23.5 Å². The summed E-state index contributed by atoms with van der Waals surface area (Å²) in [6.07, 6.45) is 0. The molecule has 1 aromatic heterocycles. The maximum atomic E-state index is 6.24. The first-order valence-corrected chi connectivity index (χ1v) is 9.21. The first-order chi connectivity index (χ1) is 13.3. The molecule has 3 heteroatoms. The van der Waals surface area contributed by atoms with E-state index in [4.69, 9.17) is 4.42 Å². The van der Waals surface area contributed by atoms with E-state index in [9.17, 15) is 0 Å². The molecule has 0 atom stereocenters. The quantitative estimate of drug-likeness (QED) is 0.354. The normalized spacial score (nSPS) is 13.8. The van der Waals surface area contributed by atoms with E-state index in [0.29, 0.717) is 0 Å². The second-order valence-corrected chi connectivity index (χ2v) is 7.23. The van der Waals surface area contributed by atoms with Gasteiger partial charge in [-0.1, -0.05) is 36.4 Å². The van der Waals surface area contributed by atoms with Crippen molar-refractivity contribution in [3.63, 3.8) is 0 Å². The third kappa shape index (κ3) is 2.08. The van der Waals surface area contributed by atoms with Gasteiger partial charge in [0.25, 0.3) is 0 Å². The molecule has 4 aromatic carbocycles. The molecule has 0 amide bonds. The van der Waals surface area contributed by atoms with Gasteiger partial charge < -0.3 is 14.2 Å². The van der Waals surface area contributed by atoms with Gasteiger partial charge in [0.1, 0.15) is 11.2 Å². The highest BCUT2D eigenvalue weighted by Crippen LogP contribution is 2.41. The lowest BCUT2D eigenvalue weighted by atomic mass is 10.1. The van der Waals surface area contributed by atoms with E-state index in [1.165, 1.54) is 32.9 Å². The molecule has 6 rings (SSSR count). The standard InChI is InChI=1S/C24H18N2O/c1-25-15-26(22-9-5-4-8-21(22)25)18-10-11-19-20-12-16-6-2-3-7-17(16)13-23(20)27-24(19)14-18/h2-14H,15H2,1H3. The SMILES string of the molecule is CN1CN(c2ccc3c(c2)oc2cc4ccccc4cc23)c2ccccc21. The van der Waals surface area contributed by atoms with Crippen LogP contribution < -0.4 is 9.80 Å². The zero-order valence-corrected chi connectivity index (χ0v) is 15.0. The lowest BCUT2D eigenvalue weighted by Gasteiger charge is -2.19. The van der Waals surface area contributed by atoms with Crippen molar-refractivity contribution >= 4 is 49.8 Å². The highest BCUT2D eigenvalue weighted by atomic mass is 16.3. The van der Waals surface area contributed by atoms with Crippen molar-refractivity contribution in [2.45, 2.75) is 0 Å². The highest BCUT2D eigenvalue weighted by Gasteiger charge is 2.24. The fraction of sp³-hybridized carbons (Fsp3) is 0.0833. The van der Waals surface area contributed by atoms with Crippen LogP contribution in [0.2, 0.25) is 0 Å². The molecule has 0 saturated heterocycles. The smallest absolute Gasteiger partial charge is 0.137 e. The van der Waals surface area contributed by atoms with Crippen LogP contribution in [0, 0.1) is 0 Å². The predicted molar refractivity (Wildman–Crippen MR) is 113 cm³/mol. The van der Waals surface area contributed by atoms with Crippen LogP contribution in [-0.4, -0.2) is 13.7 Å². The molecule has 0 unspecified atom stereocenters. The van der Waals surface area contributed by atoms with E-state index in [1.807, 2.05) is 0 Å². The van der Waals surface area contributed by atoms with Gasteiger partial charge in [-0.3, -0.25) is 0 Å². The fourth-order valence-electron chi connectivity index (χ4n) is 4.22. The molecule has 0 radical (unpaired) electrons. The Kier molecular flexibility index (Phi) is 2.87. The Hall–Kier alpha value is -3.46. The summed E-state index contributed by atoms with van der Waals surface area (Å²) in [5.74, 6) is 0. The molecule has 0 spiro atoms. The highest BCUT2D eigenvalue weighted by molar-refractivity contribution is 6.10. The van der Waals surface area contributed by atoms with Gasteiger partial charge in [-0.2, -0.15) is 0 Å². The Bertz CT molecular complexity index is 1330.